The highest BCUT2D eigenvalue weighted by atomic mass is 35.5. The Bertz CT molecular complexity index is 381. The summed E-state index contributed by atoms with van der Waals surface area (Å²) in [6, 6.07) is -0.789. The van der Waals surface area contributed by atoms with Gasteiger partial charge in [0.2, 0.25) is 0 Å². The molecule has 0 saturated heterocycles. The van der Waals surface area contributed by atoms with Gasteiger partial charge in [-0.1, -0.05) is 11.6 Å². The Hall–Kier alpha value is -0.500. The van der Waals surface area contributed by atoms with Crippen LogP contribution in [0.3, 0.4) is 0 Å². The highest BCUT2D eigenvalue weighted by molar-refractivity contribution is 6.30. The van der Waals surface area contributed by atoms with E-state index in [1.54, 1.807) is 0 Å². The maximum absolute atomic E-state index is 12.6. The summed E-state index contributed by atoms with van der Waals surface area (Å²) in [5.74, 6) is 0. The number of hydrogen-bond acceptors (Lipinski definition) is 3. The lowest BCUT2D eigenvalue weighted by molar-refractivity contribution is -0.142. The van der Waals surface area contributed by atoms with Crippen LogP contribution in [-0.2, 0) is 19.6 Å². The zero-order valence-corrected chi connectivity index (χ0v) is 10.4. The number of nitrogens with zero attached hydrogens (tertiary/aromatic N) is 2. The van der Waals surface area contributed by atoms with E-state index in [0.717, 1.165) is 4.68 Å². The van der Waals surface area contributed by atoms with Crippen molar-refractivity contribution in [1.82, 2.24) is 9.78 Å². The number of aromatic nitrogens is 2. The molecule has 3 N–H and O–H groups in total. The van der Waals surface area contributed by atoms with Gasteiger partial charge in [0, 0.05) is 18.7 Å². The molecule has 1 atom stereocenters. The summed E-state index contributed by atoms with van der Waals surface area (Å²) in [7, 11) is 1.31. The van der Waals surface area contributed by atoms with E-state index in [1.165, 1.54) is 7.05 Å². The second-order valence-electron chi connectivity index (χ2n) is 3.39. The van der Waals surface area contributed by atoms with Gasteiger partial charge in [-0.3, -0.25) is 4.68 Å². The Morgan fingerprint density at radius 2 is 2.06 bits per heavy atom. The number of hydrogen-bond donors (Lipinski definition) is 2. The van der Waals surface area contributed by atoms with Crippen LogP contribution in [0.1, 0.15) is 11.3 Å². The first-order valence-corrected chi connectivity index (χ1v) is 4.80. The lowest BCUT2D eigenvalue weighted by Crippen LogP contribution is -2.28. The van der Waals surface area contributed by atoms with Crippen molar-refractivity contribution in [3.8, 4) is 0 Å². The van der Waals surface area contributed by atoms with Gasteiger partial charge in [0.15, 0.2) is 5.69 Å². The largest absolute Gasteiger partial charge is 0.435 e. The third-order valence-electron chi connectivity index (χ3n) is 2.04. The first-order valence-electron chi connectivity index (χ1n) is 4.42. The zero-order chi connectivity index (χ0) is 12.5. The van der Waals surface area contributed by atoms with E-state index in [1.807, 2.05) is 0 Å². The molecule has 100 valence electrons. The van der Waals surface area contributed by atoms with Crippen LogP contribution < -0.4 is 5.73 Å². The Morgan fingerprint density at radius 1 is 1.53 bits per heavy atom. The van der Waals surface area contributed by atoms with Crippen molar-refractivity contribution in [3.63, 3.8) is 0 Å². The van der Waals surface area contributed by atoms with Crippen LogP contribution in [0.5, 0.6) is 0 Å². The Balaban J connectivity index is 0.00000256. The zero-order valence-electron chi connectivity index (χ0n) is 8.83. The van der Waals surface area contributed by atoms with E-state index in [0.29, 0.717) is 0 Å². The summed E-state index contributed by atoms with van der Waals surface area (Å²) < 4.78 is 38.6. The van der Waals surface area contributed by atoms with Crippen molar-refractivity contribution in [2.45, 2.75) is 18.6 Å². The third kappa shape index (κ3) is 3.74. The smallest absolute Gasteiger partial charge is 0.395 e. The predicted octanol–water partition coefficient (Wildman–Crippen LogP) is 1.38. The van der Waals surface area contributed by atoms with E-state index in [-0.39, 0.29) is 29.5 Å². The average Bonchev–Trinajstić information content (AvgIpc) is 2.45. The summed E-state index contributed by atoms with van der Waals surface area (Å²) in [5, 5.41) is 11.9. The van der Waals surface area contributed by atoms with E-state index in [9.17, 15) is 13.2 Å². The second kappa shape index (κ2) is 5.90. The van der Waals surface area contributed by atoms with Gasteiger partial charge in [0.1, 0.15) is 5.15 Å². The number of alkyl halides is 3. The molecule has 0 amide bonds. The molecule has 0 saturated carbocycles. The molecule has 0 aliphatic rings. The van der Waals surface area contributed by atoms with Crippen LogP contribution in [0, 0.1) is 0 Å². The number of aryl methyl sites for hydroxylation is 1. The van der Waals surface area contributed by atoms with Crippen molar-refractivity contribution in [2.75, 3.05) is 6.61 Å². The van der Waals surface area contributed by atoms with Gasteiger partial charge in [-0.25, -0.2) is 0 Å². The van der Waals surface area contributed by atoms with E-state index in [2.05, 4.69) is 5.10 Å². The molecule has 1 heterocycles. The summed E-state index contributed by atoms with van der Waals surface area (Å²) in [6.45, 7) is -0.414. The third-order valence-corrected chi connectivity index (χ3v) is 2.51. The van der Waals surface area contributed by atoms with Crippen LogP contribution >= 0.6 is 24.0 Å². The fourth-order valence-electron chi connectivity index (χ4n) is 1.28. The molecule has 9 heteroatoms. The number of aliphatic hydroxyl groups is 1. The quantitative estimate of drug-likeness (QED) is 0.885. The summed E-state index contributed by atoms with van der Waals surface area (Å²) in [6.07, 6.45) is -4.74. The van der Waals surface area contributed by atoms with E-state index in [4.69, 9.17) is 22.4 Å². The van der Waals surface area contributed by atoms with Crippen LogP contribution in [0.4, 0.5) is 13.2 Å². The molecule has 1 aromatic heterocycles. The summed E-state index contributed by atoms with van der Waals surface area (Å²) in [5.41, 5.74) is 4.15. The minimum Gasteiger partial charge on any atom is -0.395 e. The van der Waals surface area contributed by atoms with Gasteiger partial charge in [0.05, 0.1) is 6.61 Å². The Kier molecular flexibility index (Phi) is 5.73. The molecule has 1 unspecified atom stereocenters. The number of aliphatic hydroxyl groups excluding tert-OH is 1. The Morgan fingerprint density at radius 3 is 2.47 bits per heavy atom. The van der Waals surface area contributed by atoms with Gasteiger partial charge in [0.25, 0.3) is 0 Å². The van der Waals surface area contributed by atoms with Gasteiger partial charge >= 0.3 is 6.18 Å². The molecule has 1 aromatic rings. The van der Waals surface area contributed by atoms with Gasteiger partial charge in [-0.2, -0.15) is 18.3 Å². The molecule has 0 aliphatic heterocycles. The summed E-state index contributed by atoms with van der Waals surface area (Å²) >= 11 is 5.68. The number of nitrogens with two attached hydrogens (primary N) is 1. The van der Waals surface area contributed by atoms with Crippen molar-refractivity contribution < 1.29 is 18.3 Å². The fourth-order valence-corrected chi connectivity index (χ4v) is 1.49. The van der Waals surface area contributed by atoms with Crippen molar-refractivity contribution in [1.29, 1.82) is 0 Å². The van der Waals surface area contributed by atoms with E-state index >= 15 is 0 Å². The molecule has 0 radical (unpaired) electrons. The number of halogens is 5. The molecular weight excluding hydrogens is 282 g/mol. The van der Waals surface area contributed by atoms with Crippen molar-refractivity contribution >= 4 is 24.0 Å². The second-order valence-corrected chi connectivity index (χ2v) is 3.74. The normalized spacial score (nSPS) is 13.4. The molecular formula is C8H12Cl2F3N3O. The monoisotopic (exact) mass is 293 g/mol. The highest BCUT2D eigenvalue weighted by Crippen LogP contribution is 2.34. The lowest BCUT2D eigenvalue weighted by atomic mass is 10.1. The van der Waals surface area contributed by atoms with Crippen molar-refractivity contribution in [2.24, 2.45) is 12.8 Å². The van der Waals surface area contributed by atoms with Gasteiger partial charge in [-0.05, 0) is 6.42 Å². The minimum absolute atomic E-state index is 0. The van der Waals surface area contributed by atoms with Crippen LogP contribution in [0.15, 0.2) is 0 Å². The molecule has 1 rings (SSSR count). The van der Waals surface area contributed by atoms with Crippen LogP contribution in [0.25, 0.3) is 0 Å². The molecule has 0 aromatic carbocycles. The van der Waals surface area contributed by atoms with Gasteiger partial charge < -0.3 is 10.8 Å². The molecule has 0 fully saturated rings. The molecule has 4 nitrogen and oxygen atoms in total. The molecule has 0 bridgehead atoms. The standard InChI is InChI=1S/C8H11ClF3N3O.ClH/c1-15-7(9)5(2-4(13)3-16)6(14-15)8(10,11)12;/h4,16H,2-3,13H2,1H3;1H. The minimum atomic E-state index is -4.57. The fraction of sp³-hybridized carbons (Fsp3) is 0.625. The van der Waals surface area contributed by atoms with E-state index < -0.39 is 24.5 Å². The average molecular weight is 294 g/mol. The molecule has 17 heavy (non-hydrogen) atoms. The van der Waals surface area contributed by atoms with Crippen LogP contribution in [-0.4, -0.2) is 27.5 Å². The van der Waals surface area contributed by atoms with Gasteiger partial charge in [-0.15, -0.1) is 12.4 Å². The SMILES string of the molecule is Cl.Cn1nc(C(F)(F)F)c(CC(N)CO)c1Cl. The Labute approximate surface area is 107 Å². The predicted molar refractivity (Wildman–Crippen MR) is 59.2 cm³/mol. The lowest BCUT2D eigenvalue weighted by Gasteiger charge is -2.10. The topological polar surface area (TPSA) is 64.1 Å². The van der Waals surface area contributed by atoms with Crippen molar-refractivity contribution in [3.05, 3.63) is 16.4 Å². The molecule has 0 spiro atoms. The van der Waals surface area contributed by atoms with Crippen LogP contribution in [0.2, 0.25) is 5.15 Å². The first-order chi connectivity index (χ1) is 7.27. The maximum Gasteiger partial charge on any atom is 0.435 e. The number of rotatable bonds is 3. The molecule has 0 aliphatic carbocycles. The maximum atomic E-state index is 12.6. The summed E-state index contributed by atoms with van der Waals surface area (Å²) in [4.78, 5) is 0. The highest BCUT2D eigenvalue weighted by Gasteiger charge is 2.38. The first kappa shape index (κ1) is 16.5.